The number of nitrogens with zero attached hydrogens (tertiary/aromatic N) is 1. The van der Waals surface area contributed by atoms with Crippen molar-refractivity contribution in [3.8, 4) is 5.75 Å². The summed E-state index contributed by atoms with van der Waals surface area (Å²) in [6, 6.07) is 9.76. The zero-order valence-corrected chi connectivity index (χ0v) is 13.3. The summed E-state index contributed by atoms with van der Waals surface area (Å²) in [4.78, 5) is 7.75. The maximum Gasteiger partial charge on any atom is 0.257 e. The van der Waals surface area contributed by atoms with Crippen molar-refractivity contribution in [3.05, 3.63) is 51.5 Å². The second-order valence-electron chi connectivity index (χ2n) is 5.79. The van der Waals surface area contributed by atoms with Gasteiger partial charge in [0.2, 0.25) is 5.75 Å². The molecule has 0 aromatic heterocycles. The average Bonchev–Trinajstić information content (AvgIpc) is 3.00. The molecule has 4 rings (SSSR count). The number of halogens is 1. The maximum atomic E-state index is 10.5. The molecule has 0 fully saturated rings. The van der Waals surface area contributed by atoms with Gasteiger partial charge in [-0.05, 0) is 36.6 Å². The van der Waals surface area contributed by atoms with Gasteiger partial charge in [0.15, 0.2) is 6.21 Å². The molecule has 0 radical (unpaired) electrons. The van der Waals surface area contributed by atoms with Gasteiger partial charge in [-0.2, -0.15) is 0 Å². The molecule has 2 aromatic carbocycles. The lowest BCUT2D eigenvalue weighted by atomic mass is 10.1. The van der Waals surface area contributed by atoms with Crippen LogP contribution >= 0.6 is 11.6 Å². The molecule has 0 spiro atoms. The fraction of sp³-hybridized carbons (Fsp3) is 0.222. The molecule has 2 heterocycles. The molecular formula is C18H17ClN3O+. The molecule has 0 saturated heterocycles. The Morgan fingerprint density at radius 3 is 2.91 bits per heavy atom. The number of hydrogen-bond donors (Lipinski definition) is 3. The Kier molecular flexibility index (Phi) is 3.54. The summed E-state index contributed by atoms with van der Waals surface area (Å²) in [5, 5.41) is 16.6. The van der Waals surface area contributed by atoms with Crippen LogP contribution in [-0.2, 0) is 6.42 Å². The third kappa shape index (κ3) is 2.59. The van der Waals surface area contributed by atoms with Crippen LogP contribution in [-0.4, -0.2) is 24.4 Å². The second-order valence-corrected chi connectivity index (χ2v) is 6.23. The Balaban J connectivity index is 1.57. The Bertz CT molecular complexity index is 917. The summed E-state index contributed by atoms with van der Waals surface area (Å²) in [6.07, 6.45) is 3.76. The SMILES string of the molecule is Oc1c(NCCc2ccc(Cl)cc2)cc2c3c1[NH+]=CC=3CCN=2. The highest BCUT2D eigenvalue weighted by Gasteiger charge is 2.24. The molecule has 4 nitrogen and oxygen atoms in total. The monoisotopic (exact) mass is 326 g/mol. The van der Waals surface area contributed by atoms with Crippen LogP contribution in [0.1, 0.15) is 12.0 Å². The molecule has 0 bridgehead atoms. The maximum absolute atomic E-state index is 10.5. The number of hydrogen-bond acceptors (Lipinski definition) is 3. The zero-order valence-electron chi connectivity index (χ0n) is 12.6. The van der Waals surface area contributed by atoms with Crippen LogP contribution in [0.15, 0.2) is 35.3 Å². The highest BCUT2D eigenvalue weighted by atomic mass is 35.5. The number of benzene rings is 2. The van der Waals surface area contributed by atoms with E-state index in [2.05, 4.69) is 15.3 Å². The number of phenols is 1. The lowest BCUT2D eigenvalue weighted by Gasteiger charge is -2.10. The van der Waals surface area contributed by atoms with Crippen LogP contribution in [0.4, 0.5) is 11.4 Å². The van der Waals surface area contributed by atoms with E-state index in [1.54, 1.807) is 0 Å². The van der Waals surface area contributed by atoms with Gasteiger partial charge in [-0.1, -0.05) is 23.7 Å². The largest absolute Gasteiger partial charge is 0.501 e. The fourth-order valence-electron chi connectivity index (χ4n) is 3.10. The van der Waals surface area contributed by atoms with Crippen LogP contribution in [0.3, 0.4) is 0 Å². The van der Waals surface area contributed by atoms with Gasteiger partial charge in [-0.3, -0.25) is 4.99 Å². The minimum atomic E-state index is 0.267. The molecule has 2 aliphatic rings. The van der Waals surface area contributed by atoms with Crippen molar-refractivity contribution in [3.63, 3.8) is 0 Å². The molecule has 116 valence electrons. The molecule has 0 unspecified atom stereocenters. The molecule has 0 saturated carbocycles. The lowest BCUT2D eigenvalue weighted by molar-refractivity contribution is -0.345. The van der Waals surface area contributed by atoms with E-state index in [0.29, 0.717) is 0 Å². The van der Waals surface area contributed by atoms with Crippen molar-refractivity contribution < 1.29 is 10.1 Å². The van der Waals surface area contributed by atoms with Gasteiger partial charge < -0.3 is 10.4 Å². The Labute approximate surface area is 138 Å². The predicted molar refractivity (Wildman–Crippen MR) is 92.1 cm³/mol. The molecule has 0 aliphatic carbocycles. The summed E-state index contributed by atoms with van der Waals surface area (Å²) < 4.78 is 0. The van der Waals surface area contributed by atoms with Crippen molar-refractivity contribution in [2.24, 2.45) is 4.99 Å². The first-order chi connectivity index (χ1) is 11.2. The van der Waals surface area contributed by atoms with E-state index in [9.17, 15) is 5.11 Å². The van der Waals surface area contributed by atoms with Gasteiger partial charge in [-0.25, -0.2) is 4.99 Å². The summed E-state index contributed by atoms with van der Waals surface area (Å²) in [5.41, 5.74) is 3.93. The number of anilines is 1. The zero-order chi connectivity index (χ0) is 15.8. The molecular weight excluding hydrogens is 310 g/mol. The van der Waals surface area contributed by atoms with E-state index in [4.69, 9.17) is 11.6 Å². The fourth-order valence-corrected chi connectivity index (χ4v) is 3.23. The number of rotatable bonds is 4. The second kappa shape index (κ2) is 5.70. The summed E-state index contributed by atoms with van der Waals surface area (Å²) in [5.74, 6) is 0.267. The molecule has 2 aromatic rings. The molecule has 5 heteroatoms. The van der Waals surface area contributed by atoms with Gasteiger partial charge in [0, 0.05) is 23.7 Å². The van der Waals surface area contributed by atoms with E-state index in [0.717, 1.165) is 52.9 Å². The minimum Gasteiger partial charge on any atom is -0.501 e. The topological polar surface area (TPSA) is 58.6 Å². The van der Waals surface area contributed by atoms with E-state index in [-0.39, 0.29) is 5.75 Å². The van der Waals surface area contributed by atoms with Crippen molar-refractivity contribution >= 4 is 34.8 Å². The normalized spacial score (nSPS) is 14.6. The molecule has 0 amide bonds. The van der Waals surface area contributed by atoms with E-state index in [1.807, 2.05) is 36.5 Å². The van der Waals surface area contributed by atoms with E-state index < -0.39 is 0 Å². The number of phenolic OH excluding ortho intramolecular Hbond substituents is 1. The van der Waals surface area contributed by atoms with Gasteiger partial charge in [0.1, 0.15) is 0 Å². The van der Waals surface area contributed by atoms with Crippen molar-refractivity contribution in [2.75, 3.05) is 18.4 Å². The quantitative estimate of drug-likeness (QED) is 0.723. The highest BCUT2D eigenvalue weighted by Crippen LogP contribution is 2.26. The van der Waals surface area contributed by atoms with Crippen LogP contribution in [0.5, 0.6) is 5.75 Å². The first kappa shape index (κ1) is 14.3. The Morgan fingerprint density at radius 2 is 2.09 bits per heavy atom. The van der Waals surface area contributed by atoms with Gasteiger partial charge in [0.25, 0.3) is 5.69 Å². The lowest BCUT2D eigenvalue weighted by Crippen LogP contribution is -2.61. The molecule has 23 heavy (non-hydrogen) atoms. The van der Waals surface area contributed by atoms with Gasteiger partial charge >= 0.3 is 0 Å². The molecule has 2 aliphatic heterocycles. The minimum absolute atomic E-state index is 0.267. The third-order valence-corrected chi connectivity index (χ3v) is 4.55. The van der Waals surface area contributed by atoms with Crippen LogP contribution in [0.2, 0.25) is 5.02 Å². The highest BCUT2D eigenvalue weighted by molar-refractivity contribution is 6.30. The average molecular weight is 327 g/mol. The van der Waals surface area contributed by atoms with Crippen LogP contribution in [0, 0.1) is 0 Å². The number of aromatic hydroxyl groups is 1. The summed E-state index contributed by atoms with van der Waals surface area (Å²) in [6.45, 7) is 1.53. The van der Waals surface area contributed by atoms with Crippen LogP contribution in [0.25, 0.3) is 5.57 Å². The number of nitrogens with one attached hydrogen (secondary N) is 2. The summed E-state index contributed by atoms with van der Waals surface area (Å²) >= 11 is 5.90. The first-order valence-electron chi connectivity index (χ1n) is 7.74. The molecule has 3 N–H and O–H groups in total. The first-order valence-corrected chi connectivity index (χ1v) is 8.12. The smallest absolute Gasteiger partial charge is 0.257 e. The van der Waals surface area contributed by atoms with Gasteiger partial charge in [0.05, 0.1) is 16.3 Å². The van der Waals surface area contributed by atoms with E-state index >= 15 is 0 Å². The van der Waals surface area contributed by atoms with Crippen molar-refractivity contribution in [1.29, 1.82) is 0 Å². The van der Waals surface area contributed by atoms with Crippen LogP contribution < -0.4 is 20.9 Å². The standard InChI is InChI=1S/C18H16ClN3O/c19-13-3-1-11(2-4-13)5-7-21-15-9-14-16-12(6-8-20-14)10-22-17(16)18(15)23/h1-4,9-10,21,23H,5-8H2/p+1. The predicted octanol–water partition coefficient (Wildman–Crippen LogP) is 0.671. The Hall–Kier alpha value is -2.33. The van der Waals surface area contributed by atoms with Gasteiger partial charge in [-0.15, -0.1) is 0 Å². The van der Waals surface area contributed by atoms with Crippen molar-refractivity contribution in [1.82, 2.24) is 0 Å². The Morgan fingerprint density at radius 1 is 1.26 bits per heavy atom. The third-order valence-electron chi connectivity index (χ3n) is 4.30. The summed E-state index contributed by atoms with van der Waals surface area (Å²) in [7, 11) is 0. The van der Waals surface area contributed by atoms with Crippen molar-refractivity contribution in [2.45, 2.75) is 12.8 Å². The molecule has 0 atom stereocenters. The van der Waals surface area contributed by atoms with E-state index in [1.165, 1.54) is 11.1 Å².